The van der Waals surface area contributed by atoms with E-state index in [2.05, 4.69) is 17.0 Å². The number of piperidine rings is 1. The molecule has 3 heterocycles. The number of amides is 1. The van der Waals surface area contributed by atoms with Crippen molar-refractivity contribution in [3.8, 4) is 5.75 Å². The molecule has 1 fully saturated rings. The van der Waals surface area contributed by atoms with Crippen molar-refractivity contribution in [3.63, 3.8) is 0 Å². The molecule has 8 nitrogen and oxygen atoms in total. The van der Waals surface area contributed by atoms with Crippen LogP contribution in [-0.4, -0.2) is 72.6 Å². The number of pyridine rings is 1. The van der Waals surface area contributed by atoms with Gasteiger partial charge in [0.15, 0.2) is 0 Å². The van der Waals surface area contributed by atoms with Gasteiger partial charge in [-0.05, 0) is 45.2 Å². The maximum atomic E-state index is 12.5. The maximum absolute atomic E-state index is 12.5. The van der Waals surface area contributed by atoms with Gasteiger partial charge in [-0.25, -0.2) is 13.2 Å². The highest BCUT2D eigenvalue weighted by Gasteiger charge is 2.33. The van der Waals surface area contributed by atoms with Gasteiger partial charge in [-0.15, -0.1) is 0 Å². The normalized spacial score (nSPS) is 19.2. The SMILES string of the molecule is CC(C)(C)OC(=O)N1CCC(Oc2ccnc3c2C(CCCS(C)(=O)=O)N(Cc2ccccc2)CC3)CC1. The minimum atomic E-state index is -3.04. The average Bonchev–Trinajstić information content (AvgIpc) is 2.84. The van der Waals surface area contributed by atoms with Crippen LogP contribution in [0, 0.1) is 0 Å². The third-order valence-electron chi connectivity index (χ3n) is 7.05. The van der Waals surface area contributed by atoms with Gasteiger partial charge in [0.05, 0.1) is 5.69 Å². The lowest BCUT2D eigenvalue weighted by Crippen LogP contribution is -2.44. The number of hydrogen-bond donors (Lipinski definition) is 0. The van der Waals surface area contributed by atoms with Crippen LogP contribution in [-0.2, 0) is 27.5 Å². The predicted molar refractivity (Wildman–Crippen MR) is 148 cm³/mol. The molecule has 2 aromatic rings. The van der Waals surface area contributed by atoms with E-state index in [4.69, 9.17) is 14.5 Å². The lowest BCUT2D eigenvalue weighted by Gasteiger charge is -2.39. The molecule has 4 rings (SSSR count). The minimum absolute atomic E-state index is 0.0126. The van der Waals surface area contributed by atoms with Crippen molar-refractivity contribution in [2.45, 2.75) is 77.2 Å². The molecule has 0 bridgehead atoms. The summed E-state index contributed by atoms with van der Waals surface area (Å²) in [5.74, 6) is 0.991. The van der Waals surface area contributed by atoms with Crippen LogP contribution in [0.2, 0.25) is 0 Å². The van der Waals surface area contributed by atoms with Crippen molar-refractivity contribution < 1.29 is 22.7 Å². The topological polar surface area (TPSA) is 89.0 Å². The average molecular weight is 544 g/mol. The van der Waals surface area contributed by atoms with Crippen molar-refractivity contribution in [2.75, 3.05) is 31.6 Å². The van der Waals surface area contributed by atoms with E-state index in [0.717, 1.165) is 49.4 Å². The minimum Gasteiger partial charge on any atom is -0.490 e. The first kappa shape index (κ1) is 28.4. The number of carbonyl (C=O) groups is 1. The molecule has 1 amide bonds. The second-order valence-corrected chi connectivity index (χ2v) is 13.7. The summed E-state index contributed by atoms with van der Waals surface area (Å²) in [4.78, 5) is 21.4. The van der Waals surface area contributed by atoms with E-state index in [9.17, 15) is 13.2 Å². The van der Waals surface area contributed by atoms with Crippen molar-refractivity contribution in [1.29, 1.82) is 0 Å². The Hall–Kier alpha value is -2.65. The van der Waals surface area contributed by atoms with Gasteiger partial charge in [0.2, 0.25) is 0 Å². The van der Waals surface area contributed by atoms with Crippen LogP contribution in [0.25, 0.3) is 0 Å². The molecule has 0 aliphatic carbocycles. The van der Waals surface area contributed by atoms with E-state index in [1.807, 2.05) is 51.2 Å². The number of likely N-dealkylation sites (tertiary alicyclic amines) is 1. The van der Waals surface area contributed by atoms with Gasteiger partial charge < -0.3 is 14.4 Å². The Bertz CT molecular complexity index is 1190. The lowest BCUT2D eigenvalue weighted by atomic mass is 9.92. The Morgan fingerprint density at radius 1 is 1.08 bits per heavy atom. The van der Waals surface area contributed by atoms with Crippen LogP contribution < -0.4 is 4.74 Å². The van der Waals surface area contributed by atoms with E-state index < -0.39 is 15.4 Å². The van der Waals surface area contributed by atoms with Crippen molar-refractivity contribution in [3.05, 3.63) is 59.4 Å². The van der Waals surface area contributed by atoms with E-state index in [-0.39, 0.29) is 24.0 Å². The van der Waals surface area contributed by atoms with Gasteiger partial charge in [0, 0.05) is 75.3 Å². The molecule has 1 saturated heterocycles. The molecule has 2 aliphatic heterocycles. The van der Waals surface area contributed by atoms with Crippen molar-refractivity contribution >= 4 is 15.9 Å². The summed E-state index contributed by atoms with van der Waals surface area (Å²) < 4.78 is 35.9. The second-order valence-electron chi connectivity index (χ2n) is 11.4. The van der Waals surface area contributed by atoms with Crippen LogP contribution in [0.5, 0.6) is 5.75 Å². The second kappa shape index (κ2) is 12.0. The molecule has 0 N–H and O–H groups in total. The molecule has 38 heavy (non-hydrogen) atoms. The monoisotopic (exact) mass is 543 g/mol. The fourth-order valence-corrected chi connectivity index (χ4v) is 5.97. The molecule has 1 aromatic heterocycles. The Balaban J connectivity index is 1.50. The van der Waals surface area contributed by atoms with Crippen LogP contribution in [0.4, 0.5) is 4.79 Å². The largest absolute Gasteiger partial charge is 0.490 e. The molecule has 1 aromatic carbocycles. The predicted octanol–water partition coefficient (Wildman–Crippen LogP) is 4.78. The summed E-state index contributed by atoms with van der Waals surface area (Å²) in [6.45, 7) is 8.44. The highest BCUT2D eigenvalue weighted by molar-refractivity contribution is 7.90. The number of carbonyl (C=O) groups excluding carboxylic acids is 1. The molecule has 0 radical (unpaired) electrons. The van der Waals surface area contributed by atoms with Gasteiger partial charge in [-0.2, -0.15) is 0 Å². The lowest BCUT2D eigenvalue weighted by molar-refractivity contribution is 0.0123. The third kappa shape index (κ3) is 7.93. The Morgan fingerprint density at radius 3 is 2.45 bits per heavy atom. The maximum Gasteiger partial charge on any atom is 0.410 e. The first-order chi connectivity index (χ1) is 18.0. The van der Waals surface area contributed by atoms with E-state index in [1.165, 1.54) is 11.8 Å². The van der Waals surface area contributed by atoms with Crippen molar-refractivity contribution in [2.24, 2.45) is 0 Å². The standard InChI is InChI=1S/C29H41N3O5S/c1-29(2,3)37-28(33)31-17-13-23(14-18-31)36-26-12-16-30-24-15-19-32(21-22-9-6-5-7-10-22)25(27(24)26)11-8-20-38(4,34)35/h5-7,9-10,12,16,23,25H,8,11,13-15,17-21H2,1-4H3. The third-order valence-corrected chi connectivity index (χ3v) is 8.08. The summed E-state index contributed by atoms with van der Waals surface area (Å²) in [5.41, 5.74) is 2.82. The number of benzene rings is 1. The van der Waals surface area contributed by atoms with Crippen LogP contribution in [0.3, 0.4) is 0 Å². The van der Waals surface area contributed by atoms with Crippen molar-refractivity contribution in [1.82, 2.24) is 14.8 Å². The fraction of sp³-hybridized carbons (Fsp3) is 0.586. The summed E-state index contributed by atoms with van der Waals surface area (Å²) in [6, 6.07) is 12.3. The zero-order chi connectivity index (χ0) is 27.3. The molecule has 1 atom stereocenters. The molecule has 208 valence electrons. The number of nitrogens with zero attached hydrogens (tertiary/aromatic N) is 3. The van der Waals surface area contributed by atoms with Gasteiger partial charge >= 0.3 is 6.09 Å². The molecular formula is C29H41N3O5S. The quantitative estimate of drug-likeness (QED) is 0.473. The van der Waals surface area contributed by atoms with E-state index >= 15 is 0 Å². The van der Waals surface area contributed by atoms with Gasteiger partial charge in [-0.3, -0.25) is 9.88 Å². The first-order valence-corrected chi connectivity index (χ1v) is 15.6. The zero-order valence-corrected chi connectivity index (χ0v) is 23.9. The molecule has 2 aliphatic rings. The van der Waals surface area contributed by atoms with Crippen LogP contribution in [0.1, 0.15) is 69.3 Å². The summed E-state index contributed by atoms with van der Waals surface area (Å²) in [7, 11) is -3.04. The number of aromatic nitrogens is 1. The summed E-state index contributed by atoms with van der Waals surface area (Å²) in [6.07, 6.45) is 6.38. The summed E-state index contributed by atoms with van der Waals surface area (Å²) in [5, 5.41) is 0. The first-order valence-electron chi connectivity index (χ1n) is 13.6. The highest BCUT2D eigenvalue weighted by Crippen LogP contribution is 2.40. The van der Waals surface area contributed by atoms with Crippen LogP contribution in [0.15, 0.2) is 42.6 Å². The molecule has 0 spiro atoms. The Morgan fingerprint density at radius 2 is 1.79 bits per heavy atom. The molecule has 9 heteroatoms. The van der Waals surface area contributed by atoms with Gasteiger partial charge in [0.25, 0.3) is 0 Å². The number of sulfone groups is 1. The zero-order valence-electron chi connectivity index (χ0n) is 23.1. The van der Waals surface area contributed by atoms with Crippen LogP contribution >= 0.6 is 0 Å². The van der Waals surface area contributed by atoms with Gasteiger partial charge in [0.1, 0.15) is 27.3 Å². The molecule has 0 saturated carbocycles. The van der Waals surface area contributed by atoms with E-state index in [0.29, 0.717) is 25.9 Å². The number of fused-ring (bicyclic) bond motifs is 1. The van der Waals surface area contributed by atoms with Gasteiger partial charge in [-0.1, -0.05) is 30.3 Å². The summed E-state index contributed by atoms with van der Waals surface area (Å²) >= 11 is 0. The molecule has 1 unspecified atom stereocenters. The fourth-order valence-electron chi connectivity index (χ4n) is 5.28. The van der Waals surface area contributed by atoms with E-state index in [1.54, 1.807) is 4.90 Å². The smallest absolute Gasteiger partial charge is 0.410 e. The number of rotatable bonds is 8. The molecular weight excluding hydrogens is 502 g/mol. The Kier molecular flexibility index (Phi) is 8.98. The Labute approximate surface area is 227 Å². The number of hydrogen-bond acceptors (Lipinski definition) is 7. The number of ether oxygens (including phenoxy) is 2. The highest BCUT2D eigenvalue weighted by atomic mass is 32.2.